The summed E-state index contributed by atoms with van der Waals surface area (Å²) in [5.74, 6) is 0. The van der Waals surface area contributed by atoms with Gasteiger partial charge in [-0.1, -0.05) is 104 Å². The summed E-state index contributed by atoms with van der Waals surface area (Å²) in [6, 6.07) is 50.1. The monoisotopic (exact) mass is 575 g/mol. The summed E-state index contributed by atoms with van der Waals surface area (Å²) in [4.78, 5) is 0. The van der Waals surface area contributed by atoms with Crippen LogP contribution in [0.3, 0.4) is 0 Å². The van der Waals surface area contributed by atoms with Gasteiger partial charge in [0, 0.05) is 49.6 Å². The predicted molar refractivity (Wildman–Crippen MR) is 192 cm³/mol. The largest absolute Gasteiger partial charge is 0.309 e. The Balaban J connectivity index is 1.36. The highest BCUT2D eigenvalue weighted by atomic mass is 15.1. The Labute approximate surface area is 260 Å². The number of rotatable bonds is 5. The van der Waals surface area contributed by atoms with E-state index in [1.54, 1.807) is 0 Å². The number of aromatic nitrogens is 3. The Bertz CT molecular complexity index is 2550. The molecule has 0 saturated heterocycles. The second-order valence-corrected chi connectivity index (χ2v) is 11.5. The van der Waals surface area contributed by atoms with Gasteiger partial charge < -0.3 is 13.7 Å². The van der Waals surface area contributed by atoms with Crippen molar-refractivity contribution in [2.24, 2.45) is 0 Å². The van der Waals surface area contributed by atoms with Gasteiger partial charge in [0.25, 0.3) is 0 Å². The summed E-state index contributed by atoms with van der Waals surface area (Å²) in [6.07, 6.45) is 3.90. The van der Waals surface area contributed by atoms with Crippen LogP contribution in [0.1, 0.15) is 11.3 Å². The lowest BCUT2D eigenvalue weighted by Crippen LogP contribution is -2.00. The Morgan fingerprint density at radius 3 is 1.38 bits per heavy atom. The molecule has 0 radical (unpaired) electrons. The lowest BCUT2D eigenvalue weighted by Gasteiger charge is -2.14. The fourth-order valence-corrected chi connectivity index (χ4v) is 7.34. The molecule has 3 aromatic heterocycles. The third kappa shape index (κ3) is 3.52. The molecule has 0 N–H and O–H groups in total. The van der Waals surface area contributed by atoms with Crippen LogP contribution in [0.4, 0.5) is 0 Å². The van der Waals surface area contributed by atoms with Crippen molar-refractivity contribution in [3.63, 3.8) is 0 Å². The molecule has 0 fully saturated rings. The molecule has 0 atom stereocenters. The maximum absolute atomic E-state index is 4.22. The molecule has 0 aliphatic rings. The average Bonchev–Trinajstić information content (AvgIpc) is 3.74. The number of hydrogen-bond acceptors (Lipinski definition) is 0. The molecule has 6 aromatic carbocycles. The molecule has 45 heavy (non-hydrogen) atoms. The van der Waals surface area contributed by atoms with E-state index < -0.39 is 0 Å². The van der Waals surface area contributed by atoms with Crippen LogP contribution >= 0.6 is 0 Å². The molecule has 0 bridgehead atoms. The second-order valence-electron chi connectivity index (χ2n) is 11.5. The average molecular weight is 576 g/mol. The van der Waals surface area contributed by atoms with Gasteiger partial charge in [-0.3, -0.25) is 0 Å². The maximum Gasteiger partial charge on any atom is 0.0788 e. The molecule has 9 aromatic rings. The number of fused-ring (bicyclic) bond motifs is 8. The normalized spacial score (nSPS) is 11.7. The van der Waals surface area contributed by atoms with E-state index in [-0.39, 0.29) is 0 Å². The maximum atomic E-state index is 4.22. The molecule has 3 heteroatoms. The van der Waals surface area contributed by atoms with Crippen LogP contribution < -0.4 is 0 Å². The molecule has 0 spiro atoms. The van der Waals surface area contributed by atoms with Crippen molar-refractivity contribution in [2.75, 3.05) is 0 Å². The predicted octanol–water partition coefficient (Wildman–Crippen LogP) is 11.1. The van der Waals surface area contributed by atoms with Crippen molar-refractivity contribution < 1.29 is 0 Å². The molecular weight excluding hydrogens is 546 g/mol. The number of hydrogen-bond donors (Lipinski definition) is 0. The molecule has 0 saturated carbocycles. The van der Waals surface area contributed by atoms with Crippen LogP contribution in [0.15, 0.2) is 153 Å². The first-order valence-corrected chi connectivity index (χ1v) is 15.3. The van der Waals surface area contributed by atoms with Crippen molar-refractivity contribution in [3.8, 4) is 17.1 Å². The number of para-hydroxylation sites is 4. The van der Waals surface area contributed by atoms with Gasteiger partial charge in [-0.25, -0.2) is 0 Å². The molecular formula is C42H29N3. The fraction of sp³-hybridized carbons (Fsp3) is 0. The van der Waals surface area contributed by atoms with Crippen LogP contribution in [0, 0.1) is 0 Å². The minimum Gasteiger partial charge on any atom is -0.309 e. The van der Waals surface area contributed by atoms with Gasteiger partial charge in [-0.05, 0) is 60.7 Å². The summed E-state index contributed by atoms with van der Waals surface area (Å²) >= 11 is 0. The first kappa shape index (κ1) is 25.4. The second kappa shape index (κ2) is 9.73. The summed E-state index contributed by atoms with van der Waals surface area (Å²) < 4.78 is 7.12. The van der Waals surface area contributed by atoms with E-state index in [1.807, 2.05) is 12.2 Å². The molecule has 3 nitrogen and oxygen atoms in total. The Hall–Kier alpha value is -6.06. The van der Waals surface area contributed by atoms with Gasteiger partial charge in [0.15, 0.2) is 0 Å². The van der Waals surface area contributed by atoms with Crippen molar-refractivity contribution >= 4 is 66.7 Å². The van der Waals surface area contributed by atoms with Crippen LogP contribution in [-0.4, -0.2) is 13.7 Å². The van der Waals surface area contributed by atoms with E-state index in [0.717, 1.165) is 39.2 Å². The first-order chi connectivity index (χ1) is 22.3. The Morgan fingerprint density at radius 1 is 0.356 bits per heavy atom. The van der Waals surface area contributed by atoms with Crippen molar-refractivity contribution in [1.29, 1.82) is 0 Å². The van der Waals surface area contributed by atoms with Crippen LogP contribution in [0.2, 0.25) is 0 Å². The molecule has 0 aliphatic heterocycles. The van der Waals surface area contributed by atoms with Gasteiger partial charge in [0.2, 0.25) is 0 Å². The van der Waals surface area contributed by atoms with Crippen LogP contribution in [0.5, 0.6) is 0 Å². The summed E-state index contributed by atoms with van der Waals surface area (Å²) in [5.41, 5.74) is 11.4. The Morgan fingerprint density at radius 2 is 0.800 bits per heavy atom. The molecule has 3 heterocycles. The van der Waals surface area contributed by atoms with E-state index in [1.165, 1.54) is 43.6 Å². The highest BCUT2D eigenvalue weighted by Gasteiger charge is 2.22. The quantitative estimate of drug-likeness (QED) is 0.194. The third-order valence-corrected chi connectivity index (χ3v) is 9.20. The lowest BCUT2D eigenvalue weighted by atomic mass is 10.1. The zero-order chi connectivity index (χ0) is 30.1. The zero-order valence-corrected chi connectivity index (χ0v) is 24.7. The van der Waals surface area contributed by atoms with Gasteiger partial charge in [0.1, 0.15) is 0 Å². The third-order valence-electron chi connectivity index (χ3n) is 9.20. The standard InChI is InChI=1S/C42H29N3/c1-3-31-35-26-27-36-34-18-10-13-21-40(34)45(42(36)41(35)44(37(31)4-2)28-14-6-5-7-15-28)30-24-22-29(23-25-30)43-38-19-11-8-16-32(38)33-17-9-12-20-39(33)43/h3-27H,1-2H2. The SMILES string of the molecule is C=Cc1c(C=C)n(-c2ccccc2)c2c1ccc1c3ccccc3n(-c3ccc(-n4c5ccccc5c5ccccc54)cc3)c12. The van der Waals surface area contributed by atoms with Gasteiger partial charge in [-0.2, -0.15) is 0 Å². The van der Waals surface area contributed by atoms with E-state index in [2.05, 4.69) is 166 Å². The van der Waals surface area contributed by atoms with E-state index >= 15 is 0 Å². The van der Waals surface area contributed by atoms with Crippen molar-refractivity contribution in [2.45, 2.75) is 0 Å². The molecule has 212 valence electrons. The minimum absolute atomic E-state index is 1.04. The molecule has 0 unspecified atom stereocenters. The fourth-order valence-electron chi connectivity index (χ4n) is 7.34. The zero-order valence-electron chi connectivity index (χ0n) is 24.7. The Kier molecular flexibility index (Phi) is 5.50. The van der Waals surface area contributed by atoms with Crippen LogP contribution in [-0.2, 0) is 0 Å². The van der Waals surface area contributed by atoms with E-state index in [9.17, 15) is 0 Å². The topological polar surface area (TPSA) is 14.8 Å². The number of nitrogens with zero attached hydrogens (tertiary/aromatic N) is 3. The highest BCUT2D eigenvalue weighted by molar-refractivity contribution is 6.20. The lowest BCUT2D eigenvalue weighted by molar-refractivity contribution is 1.10. The highest BCUT2D eigenvalue weighted by Crippen LogP contribution is 2.41. The summed E-state index contributed by atoms with van der Waals surface area (Å²) in [7, 11) is 0. The van der Waals surface area contributed by atoms with Crippen molar-refractivity contribution in [3.05, 3.63) is 164 Å². The first-order valence-electron chi connectivity index (χ1n) is 15.3. The van der Waals surface area contributed by atoms with Crippen LogP contribution in [0.25, 0.3) is 83.7 Å². The molecule has 9 rings (SSSR count). The summed E-state index contributed by atoms with van der Waals surface area (Å²) in [5, 5.41) is 6.12. The number of benzene rings is 6. The van der Waals surface area contributed by atoms with Gasteiger partial charge in [0.05, 0.1) is 33.3 Å². The van der Waals surface area contributed by atoms with E-state index in [4.69, 9.17) is 0 Å². The van der Waals surface area contributed by atoms with Gasteiger partial charge in [-0.15, -0.1) is 0 Å². The summed E-state index contributed by atoms with van der Waals surface area (Å²) in [6.45, 7) is 8.43. The van der Waals surface area contributed by atoms with Crippen molar-refractivity contribution in [1.82, 2.24) is 13.7 Å². The van der Waals surface area contributed by atoms with Gasteiger partial charge >= 0.3 is 0 Å². The molecule has 0 aliphatic carbocycles. The smallest absolute Gasteiger partial charge is 0.0788 e. The minimum atomic E-state index is 1.04. The van der Waals surface area contributed by atoms with E-state index in [0.29, 0.717) is 0 Å². The molecule has 0 amide bonds.